The molecule has 0 amide bonds. The summed E-state index contributed by atoms with van der Waals surface area (Å²) in [6.45, 7) is 2.15. The molecule has 0 aromatic heterocycles. The first-order valence-corrected chi connectivity index (χ1v) is 5.02. The Labute approximate surface area is 87.7 Å². The second-order valence-electron chi connectivity index (χ2n) is 3.79. The number of rotatable bonds is 3. The molecule has 5 N–H and O–H groups in total. The quantitative estimate of drug-likeness (QED) is 0.364. The van der Waals surface area contributed by atoms with Crippen LogP contribution in [-0.2, 0) is 4.74 Å². The molecule has 1 saturated carbocycles. The molecule has 0 bridgehead atoms. The van der Waals surface area contributed by atoms with Gasteiger partial charge in [0.1, 0.15) is 36.6 Å². The molecule has 0 aromatic rings. The monoisotopic (exact) mass is 222 g/mol. The highest BCUT2D eigenvalue weighted by Crippen LogP contribution is 2.23. The molecule has 6 heteroatoms. The summed E-state index contributed by atoms with van der Waals surface area (Å²) in [4.78, 5) is 0. The zero-order valence-corrected chi connectivity index (χ0v) is 8.52. The van der Waals surface area contributed by atoms with E-state index in [-0.39, 0.29) is 0 Å². The van der Waals surface area contributed by atoms with Crippen molar-refractivity contribution in [2.75, 3.05) is 6.61 Å². The number of hydrogen-bond donors (Lipinski definition) is 5. The first-order valence-electron chi connectivity index (χ1n) is 5.02. The summed E-state index contributed by atoms with van der Waals surface area (Å²) in [5.74, 6) is 0. The van der Waals surface area contributed by atoms with Gasteiger partial charge < -0.3 is 30.3 Å². The third-order valence-electron chi connectivity index (χ3n) is 2.59. The van der Waals surface area contributed by atoms with Gasteiger partial charge in [-0.2, -0.15) is 0 Å². The molecule has 1 fully saturated rings. The average Bonchev–Trinajstić information content (AvgIpc) is 2.24. The number of aliphatic hydroxyl groups excluding tert-OH is 5. The van der Waals surface area contributed by atoms with Crippen molar-refractivity contribution < 1.29 is 30.3 Å². The Bertz CT molecular complexity index is 183. The summed E-state index contributed by atoms with van der Waals surface area (Å²) < 4.78 is 5.11. The Kier molecular flexibility index (Phi) is 4.45. The fourth-order valence-corrected chi connectivity index (χ4v) is 1.65. The van der Waals surface area contributed by atoms with E-state index in [1.165, 1.54) is 0 Å². The van der Waals surface area contributed by atoms with Gasteiger partial charge in [-0.1, -0.05) is 6.92 Å². The zero-order valence-electron chi connectivity index (χ0n) is 8.52. The van der Waals surface area contributed by atoms with Crippen LogP contribution in [0, 0.1) is 0 Å². The van der Waals surface area contributed by atoms with Crippen molar-refractivity contribution in [1.82, 2.24) is 0 Å². The van der Waals surface area contributed by atoms with E-state index in [2.05, 4.69) is 0 Å². The molecule has 1 rings (SSSR count). The van der Waals surface area contributed by atoms with Crippen LogP contribution in [0.5, 0.6) is 0 Å². The Balaban J connectivity index is 2.68. The van der Waals surface area contributed by atoms with Crippen LogP contribution in [-0.4, -0.2) is 68.8 Å². The maximum Gasteiger partial charge on any atom is 0.114 e. The lowest BCUT2D eigenvalue weighted by atomic mass is 9.85. The van der Waals surface area contributed by atoms with E-state index in [1.807, 2.05) is 6.92 Å². The summed E-state index contributed by atoms with van der Waals surface area (Å²) >= 11 is 0. The van der Waals surface area contributed by atoms with Gasteiger partial charge in [0.05, 0.1) is 0 Å². The second kappa shape index (κ2) is 5.20. The highest BCUT2D eigenvalue weighted by molar-refractivity contribution is 4.99. The molecule has 0 heterocycles. The third-order valence-corrected chi connectivity index (χ3v) is 2.59. The summed E-state index contributed by atoms with van der Waals surface area (Å²) in [6.07, 6.45) is -7.76. The van der Waals surface area contributed by atoms with E-state index >= 15 is 0 Å². The highest BCUT2D eigenvalue weighted by atomic mass is 16.5. The van der Waals surface area contributed by atoms with Gasteiger partial charge in [0, 0.05) is 6.61 Å². The maximum absolute atomic E-state index is 9.52. The van der Waals surface area contributed by atoms with E-state index in [0.717, 1.165) is 0 Å². The van der Waals surface area contributed by atoms with E-state index in [1.54, 1.807) is 0 Å². The van der Waals surface area contributed by atoms with Crippen LogP contribution in [0.4, 0.5) is 0 Å². The van der Waals surface area contributed by atoms with Gasteiger partial charge in [-0.15, -0.1) is 0 Å². The minimum atomic E-state index is -1.56. The van der Waals surface area contributed by atoms with Gasteiger partial charge in [0.25, 0.3) is 0 Å². The smallest absolute Gasteiger partial charge is 0.114 e. The summed E-state index contributed by atoms with van der Waals surface area (Å²) in [5, 5.41) is 47.0. The fraction of sp³-hybridized carbons (Fsp3) is 1.00. The van der Waals surface area contributed by atoms with Crippen LogP contribution in [0.3, 0.4) is 0 Å². The lowest BCUT2D eigenvalue weighted by Gasteiger charge is -2.41. The van der Waals surface area contributed by atoms with Crippen LogP contribution in [0.1, 0.15) is 13.3 Å². The summed E-state index contributed by atoms with van der Waals surface area (Å²) in [6, 6.07) is 0. The van der Waals surface area contributed by atoms with Gasteiger partial charge in [-0.3, -0.25) is 0 Å². The van der Waals surface area contributed by atoms with E-state index in [4.69, 9.17) is 4.74 Å². The van der Waals surface area contributed by atoms with E-state index in [0.29, 0.717) is 13.0 Å². The average molecular weight is 222 g/mol. The SMILES string of the molecule is CCCOC1[C@@H](O)[C@H](O)C(O)[C@H](O)[C@@H]1O. The van der Waals surface area contributed by atoms with Crippen molar-refractivity contribution in [3.63, 3.8) is 0 Å². The number of aliphatic hydroxyl groups is 5. The zero-order chi connectivity index (χ0) is 11.6. The molecule has 15 heavy (non-hydrogen) atoms. The van der Waals surface area contributed by atoms with E-state index < -0.39 is 36.6 Å². The van der Waals surface area contributed by atoms with Crippen LogP contribution in [0.2, 0.25) is 0 Å². The minimum absolute atomic E-state index is 0.300. The van der Waals surface area contributed by atoms with Gasteiger partial charge in [-0.05, 0) is 6.42 Å². The molecule has 6 atom stereocenters. The van der Waals surface area contributed by atoms with Gasteiger partial charge in [0.15, 0.2) is 0 Å². The summed E-state index contributed by atoms with van der Waals surface area (Å²) in [7, 11) is 0. The van der Waals surface area contributed by atoms with Crippen molar-refractivity contribution in [1.29, 1.82) is 0 Å². The molecule has 0 aliphatic heterocycles. The maximum atomic E-state index is 9.52. The Morgan fingerprint density at radius 2 is 1.20 bits per heavy atom. The number of hydrogen-bond acceptors (Lipinski definition) is 6. The fourth-order valence-electron chi connectivity index (χ4n) is 1.65. The Morgan fingerprint density at radius 1 is 0.800 bits per heavy atom. The Hall–Kier alpha value is -0.240. The van der Waals surface area contributed by atoms with Crippen molar-refractivity contribution in [3.05, 3.63) is 0 Å². The minimum Gasteiger partial charge on any atom is -0.387 e. The first kappa shape index (κ1) is 12.8. The molecule has 2 unspecified atom stereocenters. The molecule has 90 valence electrons. The molecular weight excluding hydrogens is 204 g/mol. The molecule has 0 saturated heterocycles. The van der Waals surface area contributed by atoms with Crippen molar-refractivity contribution >= 4 is 0 Å². The molecular formula is C9H18O6. The van der Waals surface area contributed by atoms with Crippen LogP contribution in [0.25, 0.3) is 0 Å². The molecule has 1 aliphatic rings. The largest absolute Gasteiger partial charge is 0.387 e. The van der Waals surface area contributed by atoms with Gasteiger partial charge in [-0.25, -0.2) is 0 Å². The summed E-state index contributed by atoms with van der Waals surface area (Å²) in [5.41, 5.74) is 0. The van der Waals surface area contributed by atoms with Crippen molar-refractivity contribution in [2.45, 2.75) is 50.0 Å². The van der Waals surface area contributed by atoms with Crippen LogP contribution >= 0.6 is 0 Å². The molecule has 0 spiro atoms. The molecule has 6 nitrogen and oxygen atoms in total. The molecule has 0 aromatic carbocycles. The highest BCUT2D eigenvalue weighted by Gasteiger charge is 2.48. The predicted octanol–water partition coefficient (Wildman–Crippen LogP) is -2.40. The number of ether oxygens (including phenoxy) is 1. The van der Waals surface area contributed by atoms with E-state index in [9.17, 15) is 25.5 Å². The normalized spacial score (nSPS) is 46.8. The predicted molar refractivity (Wildman–Crippen MR) is 50.1 cm³/mol. The van der Waals surface area contributed by atoms with Gasteiger partial charge in [0.2, 0.25) is 0 Å². The molecule has 1 aliphatic carbocycles. The Morgan fingerprint density at radius 3 is 1.60 bits per heavy atom. The second-order valence-corrected chi connectivity index (χ2v) is 3.79. The molecule has 0 radical (unpaired) electrons. The van der Waals surface area contributed by atoms with Crippen molar-refractivity contribution in [3.8, 4) is 0 Å². The standard InChI is InChI=1S/C9H18O6/c1-2-3-15-9-7(13)5(11)4(10)6(12)8(9)14/h4-14H,2-3H2,1H3/t4?,5-,6+,7-,8-,9?/m0/s1. The lowest BCUT2D eigenvalue weighted by molar-refractivity contribution is -0.235. The lowest BCUT2D eigenvalue weighted by Crippen LogP contribution is -2.64. The third kappa shape index (κ3) is 2.47. The van der Waals surface area contributed by atoms with Crippen molar-refractivity contribution in [2.24, 2.45) is 0 Å². The van der Waals surface area contributed by atoms with Crippen LogP contribution < -0.4 is 0 Å². The topological polar surface area (TPSA) is 110 Å². The first-order chi connectivity index (χ1) is 7.00. The van der Waals surface area contributed by atoms with Crippen LogP contribution in [0.15, 0.2) is 0 Å². The van der Waals surface area contributed by atoms with Gasteiger partial charge >= 0.3 is 0 Å².